The molecule has 5 nitrogen and oxygen atoms in total. The summed E-state index contributed by atoms with van der Waals surface area (Å²) >= 11 is 0. The van der Waals surface area contributed by atoms with Gasteiger partial charge in [0.1, 0.15) is 5.82 Å². The highest BCUT2D eigenvalue weighted by molar-refractivity contribution is 5.56. The third-order valence-electron chi connectivity index (χ3n) is 2.56. The number of methoxy groups -OCH3 is 1. The molecule has 0 radical (unpaired) electrons. The van der Waals surface area contributed by atoms with E-state index in [0.717, 1.165) is 11.3 Å². The molecule has 0 bridgehead atoms. The molecular weight excluding hydrogens is 228 g/mol. The first-order valence-electron chi connectivity index (χ1n) is 5.75. The van der Waals surface area contributed by atoms with E-state index in [-0.39, 0.29) is 0 Å². The van der Waals surface area contributed by atoms with Crippen LogP contribution >= 0.6 is 0 Å². The van der Waals surface area contributed by atoms with Crippen molar-refractivity contribution < 1.29 is 4.74 Å². The number of nitrogens with two attached hydrogens (primary N) is 1. The van der Waals surface area contributed by atoms with Crippen molar-refractivity contribution in [2.45, 2.75) is 19.8 Å². The molecule has 2 aromatic rings. The zero-order valence-corrected chi connectivity index (χ0v) is 10.7. The summed E-state index contributed by atoms with van der Waals surface area (Å²) in [6, 6.07) is 5.44. The molecule has 0 aliphatic carbocycles. The first-order valence-corrected chi connectivity index (χ1v) is 5.75. The number of hydrogen-bond donors (Lipinski definition) is 1. The average Bonchev–Trinajstić information content (AvgIpc) is 2.38. The van der Waals surface area contributed by atoms with Gasteiger partial charge in [-0.2, -0.15) is 0 Å². The molecule has 18 heavy (non-hydrogen) atoms. The maximum Gasteiger partial charge on any atom is 0.212 e. The van der Waals surface area contributed by atoms with Crippen LogP contribution in [0.25, 0.3) is 11.4 Å². The Balaban J connectivity index is 2.42. The van der Waals surface area contributed by atoms with Crippen LogP contribution in [0.1, 0.15) is 25.5 Å². The molecular formula is C13H16N4O. The monoisotopic (exact) mass is 244 g/mol. The van der Waals surface area contributed by atoms with Gasteiger partial charge in [-0.25, -0.2) is 15.0 Å². The fraction of sp³-hybridized carbons (Fsp3) is 0.308. The number of nitrogen functional groups attached to an aromatic ring is 1. The van der Waals surface area contributed by atoms with Gasteiger partial charge >= 0.3 is 0 Å². The van der Waals surface area contributed by atoms with Crippen LogP contribution in [0.3, 0.4) is 0 Å². The molecule has 2 rings (SSSR count). The van der Waals surface area contributed by atoms with E-state index in [1.807, 2.05) is 6.07 Å². The summed E-state index contributed by atoms with van der Waals surface area (Å²) in [4.78, 5) is 12.8. The lowest BCUT2D eigenvalue weighted by molar-refractivity contribution is 0.398. The molecule has 94 valence electrons. The number of aromatic nitrogens is 3. The lowest BCUT2D eigenvalue weighted by Gasteiger charge is -2.08. The van der Waals surface area contributed by atoms with E-state index < -0.39 is 0 Å². The molecule has 2 heterocycles. The first-order chi connectivity index (χ1) is 8.60. The Labute approximate surface area is 106 Å². The van der Waals surface area contributed by atoms with Crippen LogP contribution in [0.4, 0.5) is 5.82 Å². The Morgan fingerprint density at radius 2 is 2.00 bits per heavy atom. The van der Waals surface area contributed by atoms with Crippen LogP contribution in [0.5, 0.6) is 5.88 Å². The van der Waals surface area contributed by atoms with E-state index in [1.54, 1.807) is 25.4 Å². The van der Waals surface area contributed by atoms with E-state index in [9.17, 15) is 0 Å². The third-order valence-corrected chi connectivity index (χ3v) is 2.56. The fourth-order valence-electron chi connectivity index (χ4n) is 1.54. The number of ether oxygens (including phenoxy) is 1. The lowest BCUT2D eigenvalue weighted by atomic mass is 10.1. The third kappa shape index (κ3) is 2.56. The Hall–Kier alpha value is -2.17. The summed E-state index contributed by atoms with van der Waals surface area (Å²) in [6.45, 7) is 4.13. The van der Waals surface area contributed by atoms with Gasteiger partial charge in [-0.15, -0.1) is 0 Å². The van der Waals surface area contributed by atoms with Gasteiger partial charge in [-0.3, -0.25) is 0 Å². The van der Waals surface area contributed by atoms with Gasteiger partial charge < -0.3 is 10.5 Å². The molecule has 0 spiro atoms. The van der Waals surface area contributed by atoms with Gasteiger partial charge in [0, 0.05) is 29.6 Å². The van der Waals surface area contributed by atoms with E-state index in [1.165, 1.54) is 0 Å². The van der Waals surface area contributed by atoms with Crippen LogP contribution in [-0.2, 0) is 0 Å². The summed E-state index contributed by atoms with van der Waals surface area (Å²) < 4.78 is 5.01. The topological polar surface area (TPSA) is 73.9 Å². The van der Waals surface area contributed by atoms with Crippen molar-refractivity contribution in [3.05, 3.63) is 30.1 Å². The lowest BCUT2D eigenvalue weighted by Crippen LogP contribution is -2.02. The van der Waals surface area contributed by atoms with E-state index >= 15 is 0 Å². The maximum atomic E-state index is 5.79. The van der Waals surface area contributed by atoms with E-state index in [4.69, 9.17) is 10.5 Å². The summed E-state index contributed by atoms with van der Waals surface area (Å²) in [7, 11) is 1.58. The molecule has 0 aliphatic heterocycles. The zero-order valence-electron chi connectivity index (χ0n) is 10.7. The van der Waals surface area contributed by atoms with E-state index in [2.05, 4.69) is 28.8 Å². The standard InChI is InChI=1S/C13H16N4O/c1-8(2)10-6-11(14)17-13(16-10)9-4-5-12(18-3)15-7-9/h4-8H,1-3H3,(H2,14,16,17). The van der Waals surface area contributed by atoms with Crippen molar-refractivity contribution in [1.29, 1.82) is 0 Å². The first kappa shape index (κ1) is 12.3. The van der Waals surface area contributed by atoms with Crippen molar-refractivity contribution in [3.8, 4) is 17.3 Å². The minimum Gasteiger partial charge on any atom is -0.481 e. The minimum atomic E-state index is 0.306. The highest BCUT2D eigenvalue weighted by atomic mass is 16.5. The maximum absolute atomic E-state index is 5.79. The van der Waals surface area contributed by atoms with Gasteiger partial charge in [0.2, 0.25) is 5.88 Å². The molecule has 0 saturated heterocycles. The van der Waals surface area contributed by atoms with Gasteiger partial charge in [-0.05, 0) is 12.0 Å². The largest absolute Gasteiger partial charge is 0.481 e. The smallest absolute Gasteiger partial charge is 0.212 e. The summed E-state index contributed by atoms with van der Waals surface area (Å²) in [5.74, 6) is 1.93. The highest BCUT2D eigenvalue weighted by Gasteiger charge is 2.08. The van der Waals surface area contributed by atoms with Gasteiger partial charge in [0.25, 0.3) is 0 Å². The summed E-state index contributed by atoms with van der Waals surface area (Å²) in [6.07, 6.45) is 1.68. The van der Waals surface area contributed by atoms with Gasteiger partial charge in [0.15, 0.2) is 5.82 Å². The fourth-order valence-corrected chi connectivity index (χ4v) is 1.54. The van der Waals surface area contributed by atoms with Crippen molar-refractivity contribution >= 4 is 5.82 Å². The Morgan fingerprint density at radius 3 is 2.56 bits per heavy atom. The molecule has 2 aromatic heterocycles. The SMILES string of the molecule is COc1ccc(-c2nc(N)cc(C(C)C)n2)cn1. The van der Waals surface area contributed by atoms with Crippen LogP contribution in [0.15, 0.2) is 24.4 Å². The van der Waals surface area contributed by atoms with Crippen molar-refractivity contribution in [2.24, 2.45) is 0 Å². The minimum absolute atomic E-state index is 0.306. The Morgan fingerprint density at radius 1 is 1.22 bits per heavy atom. The van der Waals surface area contributed by atoms with Crippen molar-refractivity contribution in [1.82, 2.24) is 15.0 Å². The molecule has 0 atom stereocenters. The van der Waals surface area contributed by atoms with Gasteiger partial charge in [-0.1, -0.05) is 13.8 Å². The number of anilines is 1. The molecule has 0 aromatic carbocycles. The number of hydrogen-bond acceptors (Lipinski definition) is 5. The molecule has 0 aliphatic rings. The molecule has 0 fully saturated rings. The second-order valence-corrected chi connectivity index (χ2v) is 4.29. The number of rotatable bonds is 3. The van der Waals surface area contributed by atoms with Crippen LogP contribution in [0, 0.1) is 0 Å². The second-order valence-electron chi connectivity index (χ2n) is 4.29. The quantitative estimate of drug-likeness (QED) is 0.896. The van der Waals surface area contributed by atoms with Crippen LogP contribution < -0.4 is 10.5 Å². The van der Waals surface area contributed by atoms with E-state index in [0.29, 0.717) is 23.4 Å². The molecule has 5 heteroatoms. The molecule has 0 unspecified atom stereocenters. The predicted molar refractivity (Wildman–Crippen MR) is 70.3 cm³/mol. The zero-order chi connectivity index (χ0) is 13.1. The highest BCUT2D eigenvalue weighted by Crippen LogP contribution is 2.21. The normalized spacial score (nSPS) is 10.7. The molecule has 2 N–H and O–H groups in total. The number of pyridine rings is 1. The average molecular weight is 244 g/mol. The van der Waals surface area contributed by atoms with Crippen LogP contribution in [0.2, 0.25) is 0 Å². The number of nitrogens with zero attached hydrogens (tertiary/aromatic N) is 3. The molecule has 0 saturated carbocycles. The second kappa shape index (κ2) is 5.00. The predicted octanol–water partition coefficient (Wildman–Crippen LogP) is 2.25. The summed E-state index contributed by atoms with van der Waals surface area (Å²) in [5.41, 5.74) is 7.54. The van der Waals surface area contributed by atoms with Crippen molar-refractivity contribution in [2.75, 3.05) is 12.8 Å². The van der Waals surface area contributed by atoms with Crippen molar-refractivity contribution in [3.63, 3.8) is 0 Å². The van der Waals surface area contributed by atoms with Crippen LogP contribution in [-0.4, -0.2) is 22.1 Å². The Kier molecular flexibility index (Phi) is 3.41. The summed E-state index contributed by atoms with van der Waals surface area (Å²) in [5, 5.41) is 0. The molecule has 0 amide bonds. The Bertz CT molecular complexity index is 537. The van der Waals surface area contributed by atoms with Gasteiger partial charge in [0.05, 0.1) is 7.11 Å².